The van der Waals surface area contributed by atoms with Crippen LogP contribution in [-0.2, 0) is 9.59 Å². The van der Waals surface area contributed by atoms with Crippen molar-refractivity contribution in [3.05, 3.63) is 65.7 Å². The Morgan fingerprint density at radius 2 is 1.77 bits per heavy atom. The molecule has 0 aromatic heterocycles. The molecule has 2 rings (SSSR count). The summed E-state index contributed by atoms with van der Waals surface area (Å²) in [6, 6.07) is 10.7. The summed E-state index contributed by atoms with van der Waals surface area (Å²) in [5, 5.41) is 11.9. The molecule has 0 spiro atoms. The number of hydrogen-bond donors (Lipinski definition) is 2. The second-order valence-electron chi connectivity index (χ2n) is 5.63. The Balaban J connectivity index is 2.02. The van der Waals surface area contributed by atoms with E-state index in [-0.39, 0.29) is 18.7 Å². The summed E-state index contributed by atoms with van der Waals surface area (Å²) in [6.45, 7) is 1.50. The Bertz CT molecular complexity index is 764. The van der Waals surface area contributed by atoms with Crippen molar-refractivity contribution >= 4 is 11.9 Å². The van der Waals surface area contributed by atoms with Gasteiger partial charge in [-0.3, -0.25) is 9.59 Å². The van der Waals surface area contributed by atoms with E-state index in [9.17, 15) is 23.5 Å². The summed E-state index contributed by atoms with van der Waals surface area (Å²) in [5.41, 5.74) is 0.363. The second kappa shape index (κ2) is 8.94. The van der Waals surface area contributed by atoms with Crippen molar-refractivity contribution in [2.75, 3.05) is 6.54 Å². The molecule has 2 unspecified atom stereocenters. The van der Waals surface area contributed by atoms with Gasteiger partial charge in [0.25, 0.3) is 5.91 Å². The molecule has 2 atom stereocenters. The zero-order valence-electron chi connectivity index (χ0n) is 14.1. The van der Waals surface area contributed by atoms with E-state index in [4.69, 9.17) is 4.74 Å². The lowest BCUT2D eigenvalue weighted by Gasteiger charge is -2.19. The fraction of sp³-hybridized carbons (Fsp3) is 0.263. The highest BCUT2D eigenvalue weighted by molar-refractivity contribution is 5.83. The zero-order chi connectivity index (χ0) is 19.1. The molecule has 2 N–H and O–H groups in total. The van der Waals surface area contributed by atoms with Crippen LogP contribution in [0.5, 0.6) is 5.75 Å². The third-order valence-corrected chi connectivity index (χ3v) is 3.82. The molecular formula is C19H19F2NO4. The number of nitrogens with one attached hydrogen (secondary N) is 1. The highest BCUT2D eigenvalue weighted by atomic mass is 19.1. The van der Waals surface area contributed by atoms with Crippen LogP contribution in [0.25, 0.3) is 0 Å². The maximum Gasteiger partial charge on any atom is 0.312 e. The number of hydrogen-bond acceptors (Lipinski definition) is 3. The van der Waals surface area contributed by atoms with Crippen molar-refractivity contribution < 1.29 is 28.2 Å². The lowest BCUT2D eigenvalue weighted by molar-refractivity contribution is -0.139. The number of amides is 1. The van der Waals surface area contributed by atoms with Crippen LogP contribution >= 0.6 is 0 Å². The van der Waals surface area contributed by atoms with E-state index >= 15 is 0 Å². The zero-order valence-corrected chi connectivity index (χ0v) is 14.1. The molecule has 0 bridgehead atoms. The molecule has 0 aliphatic rings. The predicted molar refractivity (Wildman–Crippen MR) is 90.9 cm³/mol. The molecule has 0 saturated heterocycles. The van der Waals surface area contributed by atoms with E-state index in [0.717, 1.165) is 12.1 Å². The molecule has 0 aliphatic heterocycles. The number of benzene rings is 2. The molecule has 7 heteroatoms. The van der Waals surface area contributed by atoms with Crippen LogP contribution in [0.4, 0.5) is 8.78 Å². The molecule has 0 aliphatic carbocycles. The van der Waals surface area contributed by atoms with Gasteiger partial charge in [0.1, 0.15) is 5.82 Å². The lowest BCUT2D eigenvalue weighted by Crippen LogP contribution is -2.41. The average Bonchev–Trinajstić information content (AvgIpc) is 2.62. The average molecular weight is 363 g/mol. The van der Waals surface area contributed by atoms with Gasteiger partial charge in [-0.2, -0.15) is 0 Å². The molecule has 2 aromatic rings. The molecule has 2 aromatic carbocycles. The number of carbonyl (C=O) groups is 2. The van der Waals surface area contributed by atoms with Crippen LogP contribution in [0.2, 0.25) is 0 Å². The highest BCUT2D eigenvalue weighted by Gasteiger charge is 2.24. The first-order valence-electron chi connectivity index (χ1n) is 8.09. The Morgan fingerprint density at radius 1 is 1.12 bits per heavy atom. The molecule has 0 heterocycles. The summed E-state index contributed by atoms with van der Waals surface area (Å²) in [5.74, 6) is -3.86. The Morgan fingerprint density at radius 3 is 2.35 bits per heavy atom. The summed E-state index contributed by atoms with van der Waals surface area (Å²) in [7, 11) is 0. The van der Waals surface area contributed by atoms with Gasteiger partial charge >= 0.3 is 5.97 Å². The van der Waals surface area contributed by atoms with Crippen LogP contribution in [-0.4, -0.2) is 29.6 Å². The van der Waals surface area contributed by atoms with Crippen molar-refractivity contribution in [2.45, 2.75) is 25.4 Å². The predicted octanol–water partition coefficient (Wildman–Crippen LogP) is 3.11. The third kappa shape index (κ3) is 5.02. The number of carbonyl (C=O) groups excluding carboxylic acids is 1. The first-order chi connectivity index (χ1) is 12.4. The molecule has 26 heavy (non-hydrogen) atoms. The van der Waals surface area contributed by atoms with E-state index < -0.39 is 35.5 Å². The lowest BCUT2D eigenvalue weighted by atomic mass is 9.99. The van der Waals surface area contributed by atoms with Gasteiger partial charge in [0.05, 0.1) is 5.92 Å². The minimum Gasteiger partial charge on any atom is -0.481 e. The van der Waals surface area contributed by atoms with Crippen LogP contribution in [0.1, 0.15) is 24.8 Å². The molecule has 138 valence electrons. The smallest absolute Gasteiger partial charge is 0.312 e. The van der Waals surface area contributed by atoms with Gasteiger partial charge in [-0.05, 0) is 36.2 Å². The fourth-order valence-electron chi connectivity index (χ4n) is 2.38. The van der Waals surface area contributed by atoms with Gasteiger partial charge in [-0.1, -0.05) is 31.2 Å². The SMILES string of the molecule is CCC(Oc1ccccc1F)C(=O)NCC(C(=O)O)c1ccc(F)cc1. The molecule has 1 amide bonds. The number of para-hydroxylation sites is 1. The minimum atomic E-state index is -1.15. The van der Waals surface area contributed by atoms with Crippen LogP contribution in [0, 0.1) is 11.6 Å². The van der Waals surface area contributed by atoms with Gasteiger partial charge < -0.3 is 15.2 Å². The Kier molecular flexibility index (Phi) is 6.66. The standard InChI is InChI=1S/C19H19F2NO4/c1-2-16(26-17-6-4-3-5-15(17)21)18(23)22-11-14(19(24)25)12-7-9-13(20)10-8-12/h3-10,14,16H,2,11H2,1H3,(H,22,23)(H,24,25). The van der Waals surface area contributed by atoms with E-state index in [1.54, 1.807) is 13.0 Å². The molecule has 0 radical (unpaired) electrons. The van der Waals surface area contributed by atoms with Crippen molar-refractivity contribution in [3.8, 4) is 5.75 Å². The van der Waals surface area contributed by atoms with Gasteiger partial charge in [-0.15, -0.1) is 0 Å². The van der Waals surface area contributed by atoms with Crippen LogP contribution in [0.15, 0.2) is 48.5 Å². The normalized spacial score (nSPS) is 12.9. The first-order valence-corrected chi connectivity index (χ1v) is 8.09. The molecule has 0 fully saturated rings. The van der Waals surface area contributed by atoms with Crippen molar-refractivity contribution in [2.24, 2.45) is 0 Å². The molecule has 5 nitrogen and oxygen atoms in total. The first kappa shape index (κ1) is 19.4. The van der Waals surface area contributed by atoms with E-state index in [2.05, 4.69) is 5.32 Å². The van der Waals surface area contributed by atoms with Gasteiger partial charge in [0, 0.05) is 6.54 Å². The summed E-state index contributed by atoms with van der Waals surface area (Å²) in [4.78, 5) is 23.7. The topological polar surface area (TPSA) is 75.6 Å². The van der Waals surface area contributed by atoms with Crippen molar-refractivity contribution in [1.29, 1.82) is 0 Å². The van der Waals surface area contributed by atoms with E-state index in [1.165, 1.54) is 30.3 Å². The van der Waals surface area contributed by atoms with Crippen LogP contribution < -0.4 is 10.1 Å². The maximum absolute atomic E-state index is 13.7. The number of aliphatic carboxylic acids is 1. The maximum atomic E-state index is 13.7. The summed E-state index contributed by atoms with van der Waals surface area (Å²) in [6.07, 6.45) is -0.691. The summed E-state index contributed by atoms with van der Waals surface area (Å²) < 4.78 is 32.0. The number of carboxylic acid groups (broad SMARTS) is 1. The highest BCUT2D eigenvalue weighted by Crippen LogP contribution is 2.19. The molecular weight excluding hydrogens is 344 g/mol. The largest absolute Gasteiger partial charge is 0.481 e. The Labute approximate surface area is 149 Å². The van der Waals surface area contributed by atoms with Crippen molar-refractivity contribution in [3.63, 3.8) is 0 Å². The number of carboxylic acids is 1. The third-order valence-electron chi connectivity index (χ3n) is 3.82. The summed E-state index contributed by atoms with van der Waals surface area (Å²) >= 11 is 0. The molecule has 0 saturated carbocycles. The van der Waals surface area contributed by atoms with Gasteiger partial charge in [-0.25, -0.2) is 8.78 Å². The fourth-order valence-corrected chi connectivity index (χ4v) is 2.38. The Hall–Kier alpha value is -2.96. The van der Waals surface area contributed by atoms with Crippen molar-refractivity contribution in [1.82, 2.24) is 5.32 Å². The number of ether oxygens (including phenoxy) is 1. The van der Waals surface area contributed by atoms with E-state index in [0.29, 0.717) is 5.56 Å². The second-order valence-corrected chi connectivity index (χ2v) is 5.63. The number of halogens is 2. The minimum absolute atomic E-state index is 0.0529. The van der Waals surface area contributed by atoms with E-state index in [1.807, 2.05) is 0 Å². The number of rotatable bonds is 8. The quantitative estimate of drug-likeness (QED) is 0.756. The van der Waals surface area contributed by atoms with Crippen LogP contribution in [0.3, 0.4) is 0 Å². The monoisotopic (exact) mass is 363 g/mol. The van der Waals surface area contributed by atoms with Gasteiger partial charge in [0.15, 0.2) is 17.7 Å². The van der Waals surface area contributed by atoms with Gasteiger partial charge in [0.2, 0.25) is 0 Å².